The number of nitrogens with zero attached hydrogens (tertiary/aromatic N) is 1. The normalized spacial score (nSPS) is 14.9. The lowest BCUT2D eigenvalue weighted by Crippen LogP contribution is -1.87. The van der Waals surface area contributed by atoms with Crippen LogP contribution in [0.5, 0.6) is 0 Å². The number of carbonyl (C=O) groups is 1. The molecule has 1 saturated carbocycles. The molecular formula is C15H13NO2S. The molecule has 0 aliphatic heterocycles. The average Bonchev–Trinajstić information content (AvgIpc) is 3.17. The topological polar surface area (TPSA) is 50.2 Å². The van der Waals surface area contributed by atoms with E-state index in [1.807, 2.05) is 30.3 Å². The van der Waals surface area contributed by atoms with Gasteiger partial charge in [-0.15, -0.1) is 11.3 Å². The third kappa shape index (κ3) is 2.74. The molecule has 0 atom stereocenters. The van der Waals surface area contributed by atoms with E-state index in [0.717, 1.165) is 34.0 Å². The number of benzene rings is 1. The first-order chi connectivity index (χ1) is 9.24. The Hall–Kier alpha value is -1.94. The molecule has 0 bridgehead atoms. The number of carboxylic acids is 1. The van der Waals surface area contributed by atoms with Gasteiger partial charge in [0.05, 0.1) is 10.6 Å². The SMILES string of the molecule is O=C(O)/C=C/c1sc(-c2ccccc2)nc1C1CC1. The largest absolute Gasteiger partial charge is 0.478 e. The molecule has 1 aromatic carbocycles. The van der Waals surface area contributed by atoms with Crippen LogP contribution in [0.25, 0.3) is 16.6 Å². The van der Waals surface area contributed by atoms with Crippen molar-refractivity contribution >= 4 is 23.4 Å². The second-order valence-electron chi connectivity index (χ2n) is 4.58. The van der Waals surface area contributed by atoms with Gasteiger partial charge < -0.3 is 5.11 Å². The van der Waals surface area contributed by atoms with E-state index >= 15 is 0 Å². The third-order valence-corrected chi connectivity index (χ3v) is 4.13. The van der Waals surface area contributed by atoms with Crippen molar-refractivity contribution in [3.63, 3.8) is 0 Å². The number of carboxylic acid groups (broad SMARTS) is 1. The van der Waals surface area contributed by atoms with Gasteiger partial charge in [-0.2, -0.15) is 0 Å². The van der Waals surface area contributed by atoms with Crippen molar-refractivity contribution in [1.29, 1.82) is 0 Å². The summed E-state index contributed by atoms with van der Waals surface area (Å²) in [7, 11) is 0. The summed E-state index contributed by atoms with van der Waals surface area (Å²) in [6.45, 7) is 0. The van der Waals surface area contributed by atoms with Gasteiger partial charge in [0.15, 0.2) is 0 Å². The maximum Gasteiger partial charge on any atom is 0.328 e. The second-order valence-corrected chi connectivity index (χ2v) is 5.61. The molecule has 19 heavy (non-hydrogen) atoms. The van der Waals surface area contributed by atoms with Gasteiger partial charge in [-0.1, -0.05) is 30.3 Å². The maximum absolute atomic E-state index is 10.6. The summed E-state index contributed by atoms with van der Waals surface area (Å²) in [5.74, 6) is -0.404. The van der Waals surface area contributed by atoms with Crippen LogP contribution in [0, 0.1) is 0 Å². The predicted molar refractivity (Wildman–Crippen MR) is 76.2 cm³/mol. The minimum Gasteiger partial charge on any atom is -0.478 e. The van der Waals surface area contributed by atoms with E-state index in [1.165, 1.54) is 6.08 Å². The minimum atomic E-state index is -0.920. The van der Waals surface area contributed by atoms with Gasteiger partial charge >= 0.3 is 5.97 Å². The number of hydrogen-bond acceptors (Lipinski definition) is 3. The molecule has 3 rings (SSSR count). The molecule has 3 nitrogen and oxygen atoms in total. The molecule has 0 spiro atoms. The highest BCUT2D eigenvalue weighted by molar-refractivity contribution is 7.16. The lowest BCUT2D eigenvalue weighted by Gasteiger charge is -1.93. The third-order valence-electron chi connectivity index (χ3n) is 3.04. The number of aliphatic carboxylic acids is 1. The van der Waals surface area contributed by atoms with Crippen molar-refractivity contribution in [3.8, 4) is 10.6 Å². The maximum atomic E-state index is 10.6. The number of hydrogen-bond donors (Lipinski definition) is 1. The predicted octanol–water partition coefficient (Wildman–Crippen LogP) is 3.79. The standard InChI is InChI=1S/C15H13NO2S/c17-13(18)9-8-12-14(10-6-7-10)16-15(19-12)11-4-2-1-3-5-11/h1-5,8-10H,6-7H2,(H,17,18)/b9-8+. The summed E-state index contributed by atoms with van der Waals surface area (Å²) in [4.78, 5) is 16.3. The molecule has 1 aliphatic rings. The second kappa shape index (κ2) is 4.97. The molecule has 0 amide bonds. The van der Waals surface area contributed by atoms with Crippen molar-refractivity contribution in [2.24, 2.45) is 0 Å². The Labute approximate surface area is 115 Å². The zero-order valence-electron chi connectivity index (χ0n) is 10.2. The van der Waals surface area contributed by atoms with E-state index in [2.05, 4.69) is 0 Å². The minimum absolute atomic E-state index is 0.516. The first-order valence-corrected chi connectivity index (χ1v) is 7.03. The lowest BCUT2D eigenvalue weighted by atomic mass is 10.2. The molecule has 0 unspecified atom stereocenters. The van der Waals surface area contributed by atoms with Crippen LogP contribution in [0.15, 0.2) is 36.4 Å². The molecule has 4 heteroatoms. The van der Waals surface area contributed by atoms with Gasteiger partial charge in [0.25, 0.3) is 0 Å². The van der Waals surface area contributed by atoms with E-state index in [4.69, 9.17) is 10.1 Å². The Kier molecular flexibility index (Phi) is 3.17. The van der Waals surface area contributed by atoms with Crippen molar-refractivity contribution < 1.29 is 9.90 Å². The molecule has 96 valence electrons. The van der Waals surface area contributed by atoms with Crippen LogP contribution in [-0.2, 0) is 4.79 Å². The van der Waals surface area contributed by atoms with Crippen LogP contribution in [0.3, 0.4) is 0 Å². The van der Waals surface area contributed by atoms with Crippen molar-refractivity contribution in [2.75, 3.05) is 0 Å². The summed E-state index contributed by atoms with van der Waals surface area (Å²) in [6.07, 6.45) is 5.17. The zero-order valence-corrected chi connectivity index (χ0v) is 11.1. The number of thiazole rings is 1. The summed E-state index contributed by atoms with van der Waals surface area (Å²) in [5, 5.41) is 9.71. The van der Waals surface area contributed by atoms with Gasteiger partial charge in [0.2, 0.25) is 0 Å². The van der Waals surface area contributed by atoms with Gasteiger partial charge in [-0.05, 0) is 18.9 Å². The van der Waals surface area contributed by atoms with Crippen LogP contribution < -0.4 is 0 Å². The Morgan fingerprint density at radius 2 is 2.05 bits per heavy atom. The molecule has 0 radical (unpaired) electrons. The highest BCUT2D eigenvalue weighted by Gasteiger charge is 2.29. The van der Waals surface area contributed by atoms with E-state index in [0.29, 0.717) is 5.92 Å². The highest BCUT2D eigenvalue weighted by Crippen LogP contribution is 2.44. The quantitative estimate of drug-likeness (QED) is 0.861. The summed E-state index contributed by atoms with van der Waals surface area (Å²) < 4.78 is 0. The van der Waals surface area contributed by atoms with Crippen molar-refractivity contribution in [1.82, 2.24) is 4.98 Å². The Morgan fingerprint density at radius 3 is 2.68 bits per heavy atom. The highest BCUT2D eigenvalue weighted by atomic mass is 32.1. The molecule has 1 aromatic heterocycles. The number of aromatic nitrogens is 1. The Bertz CT molecular complexity index is 627. The monoisotopic (exact) mass is 271 g/mol. The van der Waals surface area contributed by atoms with E-state index in [-0.39, 0.29) is 0 Å². The number of rotatable bonds is 4. The van der Waals surface area contributed by atoms with Gasteiger partial charge in [0, 0.05) is 17.6 Å². The molecule has 1 N–H and O–H groups in total. The summed E-state index contributed by atoms with van der Waals surface area (Å²) in [5.41, 5.74) is 2.14. The molecule has 1 aliphatic carbocycles. The molecule has 0 saturated heterocycles. The van der Waals surface area contributed by atoms with Gasteiger partial charge in [-0.25, -0.2) is 9.78 Å². The summed E-state index contributed by atoms with van der Waals surface area (Å²) >= 11 is 1.56. The fourth-order valence-electron chi connectivity index (χ4n) is 1.96. The molecule has 2 aromatic rings. The Morgan fingerprint density at radius 1 is 1.32 bits per heavy atom. The fraction of sp³-hybridized carbons (Fsp3) is 0.200. The van der Waals surface area contributed by atoms with Gasteiger partial charge in [0.1, 0.15) is 5.01 Å². The molecule has 1 heterocycles. The van der Waals surface area contributed by atoms with Crippen molar-refractivity contribution in [2.45, 2.75) is 18.8 Å². The van der Waals surface area contributed by atoms with E-state index in [1.54, 1.807) is 17.4 Å². The average molecular weight is 271 g/mol. The van der Waals surface area contributed by atoms with Crippen LogP contribution in [-0.4, -0.2) is 16.1 Å². The molecular weight excluding hydrogens is 258 g/mol. The van der Waals surface area contributed by atoms with E-state index in [9.17, 15) is 4.79 Å². The fourth-order valence-corrected chi connectivity index (χ4v) is 3.02. The Balaban J connectivity index is 1.99. The first kappa shape index (κ1) is 12.1. The lowest BCUT2D eigenvalue weighted by molar-refractivity contribution is -0.131. The van der Waals surface area contributed by atoms with Gasteiger partial charge in [-0.3, -0.25) is 0 Å². The molecule has 1 fully saturated rings. The summed E-state index contributed by atoms with van der Waals surface area (Å²) in [6, 6.07) is 10.0. The van der Waals surface area contributed by atoms with E-state index < -0.39 is 5.97 Å². The first-order valence-electron chi connectivity index (χ1n) is 6.21. The smallest absolute Gasteiger partial charge is 0.328 e. The van der Waals surface area contributed by atoms with Crippen LogP contribution in [0.1, 0.15) is 29.3 Å². The zero-order chi connectivity index (χ0) is 13.2. The van der Waals surface area contributed by atoms with Crippen LogP contribution >= 0.6 is 11.3 Å². The van der Waals surface area contributed by atoms with Crippen LogP contribution in [0.2, 0.25) is 0 Å². The van der Waals surface area contributed by atoms with Crippen LogP contribution in [0.4, 0.5) is 0 Å². The van der Waals surface area contributed by atoms with Crippen molar-refractivity contribution in [3.05, 3.63) is 47.0 Å².